The van der Waals surface area contributed by atoms with E-state index >= 15 is 0 Å². The Labute approximate surface area is 211 Å². The molecule has 0 aliphatic rings. The summed E-state index contributed by atoms with van der Waals surface area (Å²) in [6.45, 7) is 1.97. The normalized spacial score (nSPS) is 10.9. The number of halogens is 1. The third-order valence-corrected chi connectivity index (χ3v) is 6.01. The van der Waals surface area contributed by atoms with Gasteiger partial charge in [0, 0.05) is 16.3 Å². The molecule has 0 aliphatic heterocycles. The van der Waals surface area contributed by atoms with Crippen molar-refractivity contribution in [2.45, 2.75) is 17.8 Å². The second-order valence-electron chi connectivity index (χ2n) is 7.53. The van der Waals surface area contributed by atoms with Crippen LogP contribution in [0.2, 0.25) is 5.02 Å². The number of aromatic nitrogens is 3. The molecule has 35 heavy (non-hydrogen) atoms. The molecule has 0 unspecified atom stereocenters. The lowest BCUT2D eigenvalue weighted by Crippen LogP contribution is -2.21. The Morgan fingerprint density at radius 2 is 1.94 bits per heavy atom. The number of rotatable bonds is 8. The third kappa shape index (κ3) is 6.78. The summed E-state index contributed by atoms with van der Waals surface area (Å²) in [4.78, 5) is 29.8. The van der Waals surface area contributed by atoms with Crippen LogP contribution < -0.4 is 10.7 Å². The van der Waals surface area contributed by atoms with E-state index in [4.69, 9.17) is 11.6 Å². The second kappa shape index (κ2) is 11.5. The van der Waals surface area contributed by atoms with Crippen molar-refractivity contribution < 1.29 is 9.59 Å². The van der Waals surface area contributed by atoms with Crippen molar-refractivity contribution in [1.29, 1.82) is 0 Å². The van der Waals surface area contributed by atoms with E-state index in [9.17, 15) is 9.59 Å². The number of aryl methyl sites for hydroxylation is 1. The van der Waals surface area contributed by atoms with Gasteiger partial charge in [0.2, 0.25) is 5.16 Å². The van der Waals surface area contributed by atoms with Gasteiger partial charge < -0.3 is 5.32 Å². The number of amides is 2. The number of thioether (sulfide) groups is 1. The van der Waals surface area contributed by atoms with Crippen LogP contribution in [-0.2, 0) is 5.75 Å². The average Bonchev–Trinajstić information content (AvgIpc) is 3.38. The molecule has 0 spiro atoms. The number of carbonyl (C=O) groups is 2. The summed E-state index contributed by atoms with van der Waals surface area (Å²) < 4.78 is 0. The summed E-state index contributed by atoms with van der Waals surface area (Å²) in [5, 5.41) is 14.5. The van der Waals surface area contributed by atoms with Gasteiger partial charge in [0.15, 0.2) is 0 Å². The average molecular weight is 505 g/mol. The Morgan fingerprint density at radius 1 is 1.09 bits per heavy atom. The first kappa shape index (κ1) is 24.2. The minimum absolute atomic E-state index is 0.198. The number of anilines is 1. The third-order valence-electron chi connectivity index (χ3n) is 4.85. The Bertz CT molecular complexity index is 1370. The minimum atomic E-state index is -0.497. The van der Waals surface area contributed by atoms with Crippen LogP contribution >= 0.6 is 23.4 Å². The van der Waals surface area contributed by atoms with E-state index in [2.05, 4.69) is 31.0 Å². The molecule has 8 nitrogen and oxygen atoms in total. The number of nitrogens with zero attached hydrogens (tertiary/aromatic N) is 3. The highest BCUT2D eigenvalue weighted by Gasteiger charge is 2.15. The van der Waals surface area contributed by atoms with Crippen molar-refractivity contribution in [2.24, 2.45) is 5.10 Å². The van der Waals surface area contributed by atoms with Gasteiger partial charge in [-0.05, 0) is 48.4 Å². The Morgan fingerprint density at radius 3 is 2.74 bits per heavy atom. The van der Waals surface area contributed by atoms with Gasteiger partial charge >= 0.3 is 0 Å². The van der Waals surface area contributed by atoms with E-state index in [-0.39, 0.29) is 11.5 Å². The topological polar surface area (TPSA) is 112 Å². The van der Waals surface area contributed by atoms with E-state index in [0.717, 1.165) is 16.7 Å². The SMILES string of the molecule is Cc1cccc(C=NNC(=O)c2cc(Cl)ccc2NC(=O)c2cccc(CSc3nc[nH]n3)c2)c1. The van der Waals surface area contributed by atoms with Crippen LogP contribution in [-0.4, -0.2) is 33.2 Å². The van der Waals surface area contributed by atoms with Gasteiger partial charge in [0.25, 0.3) is 11.8 Å². The van der Waals surface area contributed by atoms with Gasteiger partial charge in [-0.3, -0.25) is 14.7 Å². The molecule has 176 valence electrons. The van der Waals surface area contributed by atoms with Crippen molar-refractivity contribution in [1.82, 2.24) is 20.6 Å². The predicted molar refractivity (Wildman–Crippen MR) is 138 cm³/mol. The maximum atomic E-state index is 12.9. The zero-order chi connectivity index (χ0) is 24.6. The predicted octanol–water partition coefficient (Wildman–Crippen LogP) is 5.08. The number of benzene rings is 3. The van der Waals surface area contributed by atoms with Gasteiger partial charge in [-0.2, -0.15) is 5.10 Å². The van der Waals surface area contributed by atoms with Gasteiger partial charge in [0.1, 0.15) is 6.33 Å². The number of hydrogen-bond acceptors (Lipinski definition) is 6. The van der Waals surface area contributed by atoms with Crippen molar-refractivity contribution in [3.05, 3.63) is 106 Å². The largest absolute Gasteiger partial charge is 0.321 e. The maximum absolute atomic E-state index is 12.9. The first-order chi connectivity index (χ1) is 17.0. The van der Waals surface area contributed by atoms with Crippen LogP contribution in [0.15, 0.2) is 83.3 Å². The van der Waals surface area contributed by atoms with Gasteiger partial charge in [-0.1, -0.05) is 65.3 Å². The molecule has 0 saturated carbocycles. The van der Waals surface area contributed by atoms with Crippen LogP contribution in [0.5, 0.6) is 0 Å². The summed E-state index contributed by atoms with van der Waals surface area (Å²) in [5.74, 6) is -0.246. The molecular formula is C25H21ClN6O2S. The van der Waals surface area contributed by atoms with E-state index in [1.54, 1.807) is 36.5 Å². The zero-order valence-electron chi connectivity index (χ0n) is 18.7. The quantitative estimate of drug-likeness (QED) is 0.176. The zero-order valence-corrected chi connectivity index (χ0v) is 20.2. The highest BCUT2D eigenvalue weighted by Crippen LogP contribution is 2.23. The molecule has 0 saturated heterocycles. The fourth-order valence-corrected chi connectivity index (χ4v) is 4.09. The van der Waals surface area contributed by atoms with Crippen molar-refractivity contribution in [3.8, 4) is 0 Å². The summed E-state index contributed by atoms with van der Waals surface area (Å²) in [7, 11) is 0. The molecule has 0 radical (unpaired) electrons. The van der Waals surface area contributed by atoms with E-state index in [1.165, 1.54) is 24.2 Å². The molecule has 2 amide bonds. The molecule has 0 aliphatic carbocycles. The standard InChI is InChI=1S/C25H21ClN6O2S/c1-16-4-2-5-17(10-16)13-28-31-24(34)21-12-20(26)8-9-22(21)30-23(33)19-7-3-6-18(11-19)14-35-25-27-15-29-32-25/h2-13,15H,14H2,1H3,(H,30,33)(H,31,34)(H,27,29,32). The lowest BCUT2D eigenvalue weighted by Gasteiger charge is -2.11. The minimum Gasteiger partial charge on any atom is -0.321 e. The molecular weight excluding hydrogens is 484 g/mol. The molecule has 4 rings (SSSR count). The highest BCUT2D eigenvalue weighted by atomic mass is 35.5. The van der Waals surface area contributed by atoms with Crippen LogP contribution in [0.4, 0.5) is 5.69 Å². The van der Waals surface area contributed by atoms with Crippen LogP contribution in [0, 0.1) is 6.92 Å². The Kier molecular flexibility index (Phi) is 7.92. The monoisotopic (exact) mass is 504 g/mol. The molecule has 0 bridgehead atoms. The number of H-pyrrole nitrogens is 1. The molecule has 1 heterocycles. The summed E-state index contributed by atoms with van der Waals surface area (Å²) in [5.41, 5.74) is 6.34. The number of nitrogens with one attached hydrogen (secondary N) is 3. The van der Waals surface area contributed by atoms with E-state index in [1.807, 2.05) is 37.3 Å². The van der Waals surface area contributed by atoms with E-state index in [0.29, 0.717) is 27.2 Å². The molecule has 3 N–H and O–H groups in total. The molecule has 1 aromatic heterocycles. The van der Waals surface area contributed by atoms with Crippen LogP contribution in [0.3, 0.4) is 0 Å². The number of hydrazone groups is 1. The molecule has 3 aromatic carbocycles. The Hall–Kier alpha value is -3.95. The molecule has 10 heteroatoms. The van der Waals surface area contributed by atoms with Crippen molar-refractivity contribution >= 4 is 47.1 Å². The van der Waals surface area contributed by atoms with Gasteiger partial charge in [0.05, 0.1) is 17.5 Å². The second-order valence-corrected chi connectivity index (χ2v) is 8.91. The fourth-order valence-electron chi connectivity index (χ4n) is 3.20. The van der Waals surface area contributed by atoms with Crippen molar-refractivity contribution in [2.75, 3.05) is 5.32 Å². The molecule has 4 aromatic rings. The van der Waals surface area contributed by atoms with Gasteiger partial charge in [-0.25, -0.2) is 10.4 Å². The first-order valence-corrected chi connectivity index (χ1v) is 11.9. The van der Waals surface area contributed by atoms with E-state index < -0.39 is 5.91 Å². The number of aromatic amines is 1. The van der Waals surface area contributed by atoms with Crippen LogP contribution in [0.25, 0.3) is 0 Å². The maximum Gasteiger partial charge on any atom is 0.273 e. The number of carbonyl (C=O) groups excluding carboxylic acids is 2. The Balaban J connectivity index is 1.45. The lowest BCUT2D eigenvalue weighted by molar-refractivity contribution is 0.0956. The van der Waals surface area contributed by atoms with Crippen LogP contribution in [0.1, 0.15) is 37.4 Å². The smallest absolute Gasteiger partial charge is 0.273 e. The lowest BCUT2D eigenvalue weighted by atomic mass is 10.1. The highest BCUT2D eigenvalue weighted by molar-refractivity contribution is 7.98. The summed E-state index contributed by atoms with van der Waals surface area (Å²) in [6, 6.07) is 19.6. The number of hydrogen-bond donors (Lipinski definition) is 3. The molecule has 0 atom stereocenters. The van der Waals surface area contributed by atoms with Crippen molar-refractivity contribution in [3.63, 3.8) is 0 Å². The summed E-state index contributed by atoms with van der Waals surface area (Å²) in [6.07, 6.45) is 3.07. The first-order valence-electron chi connectivity index (χ1n) is 10.6. The molecule has 0 fully saturated rings. The van der Waals surface area contributed by atoms with Gasteiger partial charge in [-0.15, -0.1) is 5.10 Å². The summed E-state index contributed by atoms with van der Waals surface area (Å²) >= 11 is 7.57. The fraction of sp³-hybridized carbons (Fsp3) is 0.0800.